The van der Waals surface area contributed by atoms with Crippen molar-refractivity contribution in [2.45, 2.75) is 13.0 Å². The van der Waals surface area contributed by atoms with E-state index in [9.17, 15) is 10.4 Å². The van der Waals surface area contributed by atoms with Gasteiger partial charge in [0.1, 0.15) is 24.2 Å². The smallest absolute Gasteiger partial charge is 0.138 e. The molecule has 0 aromatic carbocycles. The van der Waals surface area contributed by atoms with Crippen LogP contribution in [0.5, 0.6) is 5.75 Å². The Balaban J connectivity index is 1.73. The van der Waals surface area contributed by atoms with Crippen molar-refractivity contribution in [2.75, 3.05) is 37.7 Å². The Morgan fingerprint density at radius 3 is 2.82 bits per heavy atom. The molecule has 28 heavy (non-hydrogen) atoms. The summed E-state index contributed by atoms with van der Waals surface area (Å²) in [6, 6.07) is 8.07. The average molecular weight is 378 g/mol. The number of nitrogens with zero attached hydrogens (tertiary/aromatic N) is 5. The van der Waals surface area contributed by atoms with Crippen molar-refractivity contribution in [2.24, 2.45) is 0 Å². The third-order valence-corrected chi connectivity index (χ3v) is 4.70. The molecule has 1 aliphatic rings. The largest absolute Gasteiger partial charge is 0.489 e. The van der Waals surface area contributed by atoms with Crippen LogP contribution in [0.1, 0.15) is 12.5 Å². The van der Waals surface area contributed by atoms with Crippen LogP contribution in [0.15, 0.2) is 36.8 Å². The molecule has 1 aliphatic heterocycles. The molecule has 0 spiro atoms. The Labute approximate surface area is 163 Å². The van der Waals surface area contributed by atoms with Gasteiger partial charge in [0.25, 0.3) is 0 Å². The van der Waals surface area contributed by atoms with E-state index in [2.05, 4.69) is 26.4 Å². The lowest BCUT2D eigenvalue weighted by atomic mass is 10.1. The van der Waals surface area contributed by atoms with Gasteiger partial charge in [-0.05, 0) is 25.1 Å². The summed E-state index contributed by atoms with van der Waals surface area (Å²) in [5.74, 6) is 1.51. The number of pyridine rings is 2. The first-order valence-corrected chi connectivity index (χ1v) is 9.30. The fourth-order valence-corrected chi connectivity index (χ4v) is 3.32. The van der Waals surface area contributed by atoms with Gasteiger partial charge in [-0.1, -0.05) is 0 Å². The van der Waals surface area contributed by atoms with Crippen molar-refractivity contribution in [1.82, 2.24) is 19.9 Å². The summed E-state index contributed by atoms with van der Waals surface area (Å²) < 4.78 is 7.30. The molecule has 0 bridgehead atoms. The molecule has 0 saturated carbocycles. The van der Waals surface area contributed by atoms with E-state index in [0.717, 1.165) is 43.1 Å². The van der Waals surface area contributed by atoms with Crippen LogP contribution in [0.25, 0.3) is 16.6 Å². The standard InChI is InChI=1S/C20H22N6O2/c1-14(27)13-28-17-8-18(20-16(9-21)11-24-26(20)12-17)15-2-3-19(23-10-15)25-6-4-22-5-7-25/h2-3,8,10-12,14,22,27H,4-7,13H2,1H3/t14-/m0/s1. The monoisotopic (exact) mass is 378 g/mol. The highest BCUT2D eigenvalue weighted by molar-refractivity contribution is 5.85. The second kappa shape index (κ2) is 7.84. The Bertz CT molecular complexity index is 1000. The molecule has 1 fully saturated rings. The zero-order chi connectivity index (χ0) is 19.5. The number of rotatable bonds is 5. The molecule has 8 heteroatoms. The van der Waals surface area contributed by atoms with Crippen molar-refractivity contribution >= 4 is 11.3 Å². The topological polar surface area (TPSA) is 98.7 Å². The number of aliphatic hydroxyl groups is 1. The number of aliphatic hydroxyl groups excluding tert-OH is 1. The van der Waals surface area contributed by atoms with E-state index in [-0.39, 0.29) is 6.61 Å². The van der Waals surface area contributed by atoms with Crippen molar-refractivity contribution in [3.05, 3.63) is 42.4 Å². The highest BCUT2D eigenvalue weighted by Gasteiger charge is 2.16. The van der Waals surface area contributed by atoms with Gasteiger partial charge in [-0.25, -0.2) is 9.50 Å². The first-order valence-electron chi connectivity index (χ1n) is 9.30. The molecule has 144 valence electrons. The normalized spacial score (nSPS) is 15.4. The molecule has 0 amide bonds. The molecule has 3 aromatic rings. The zero-order valence-electron chi connectivity index (χ0n) is 15.7. The van der Waals surface area contributed by atoms with Crippen molar-refractivity contribution in [3.8, 4) is 22.9 Å². The highest BCUT2D eigenvalue weighted by atomic mass is 16.5. The molecule has 8 nitrogen and oxygen atoms in total. The molecule has 0 aliphatic carbocycles. The van der Waals surface area contributed by atoms with E-state index in [1.54, 1.807) is 23.8 Å². The first kappa shape index (κ1) is 18.2. The molecule has 0 radical (unpaired) electrons. The summed E-state index contributed by atoms with van der Waals surface area (Å²) in [4.78, 5) is 6.88. The molecule has 2 N–H and O–H groups in total. The lowest BCUT2D eigenvalue weighted by Gasteiger charge is -2.28. The number of anilines is 1. The van der Waals surface area contributed by atoms with Gasteiger partial charge in [-0.3, -0.25) is 0 Å². The quantitative estimate of drug-likeness (QED) is 0.693. The van der Waals surface area contributed by atoms with Crippen LogP contribution < -0.4 is 15.0 Å². The number of nitrogens with one attached hydrogen (secondary N) is 1. The van der Waals surface area contributed by atoms with E-state index in [1.807, 2.05) is 24.4 Å². The maximum absolute atomic E-state index is 9.50. The average Bonchev–Trinajstić information content (AvgIpc) is 3.15. The Morgan fingerprint density at radius 2 is 2.14 bits per heavy atom. The Morgan fingerprint density at radius 1 is 1.32 bits per heavy atom. The summed E-state index contributed by atoms with van der Waals surface area (Å²) in [5.41, 5.74) is 2.90. The van der Waals surface area contributed by atoms with Gasteiger partial charge in [0.15, 0.2) is 0 Å². The molecule has 4 rings (SSSR count). The van der Waals surface area contributed by atoms with Gasteiger partial charge in [0, 0.05) is 43.5 Å². The number of ether oxygens (including phenoxy) is 1. The van der Waals surface area contributed by atoms with Gasteiger partial charge < -0.3 is 20.1 Å². The lowest BCUT2D eigenvalue weighted by Crippen LogP contribution is -2.43. The van der Waals surface area contributed by atoms with Crippen LogP contribution >= 0.6 is 0 Å². The van der Waals surface area contributed by atoms with E-state index in [4.69, 9.17) is 4.74 Å². The van der Waals surface area contributed by atoms with E-state index < -0.39 is 6.10 Å². The van der Waals surface area contributed by atoms with Gasteiger partial charge >= 0.3 is 0 Å². The summed E-state index contributed by atoms with van der Waals surface area (Å²) >= 11 is 0. The predicted octanol–water partition coefficient (Wildman–Crippen LogP) is 1.44. The SMILES string of the molecule is C[C@H](O)COc1cc(-c2ccc(N3CCNCC3)nc2)c2c(C#N)cnn2c1. The fraction of sp³-hybridized carbons (Fsp3) is 0.350. The summed E-state index contributed by atoms with van der Waals surface area (Å²) in [6.07, 6.45) is 4.50. The van der Waals surface area contributed by atoms with Crippen molar-refractivity contribution < 1.29 is 9.84 Å². The van der Waals surface area contributed by atoms with Gasteiger partial charge in [-0.15, -0.1) is 0 Å². The molecular weight excluding hydrogens is 356 g/mol. The van der Waals surface area contributed by atoms with Gasteiger partial charge in [-0.2, -0.15) is 10.4 Å². The second-order valence-electron chi connectivity index (χ2n) is 6.85. The fourth-order valence-electron chi connectivity index (χ4n) is 3.32. The maximum atomic E-state index is 9.50. The van der Waals surface area contributed by atoms with Crippen LogP contribution in [0.2, 0.25) is 0 Å². The van der Waals surface area contributed by atoms with E-state index >= 15 is 0 Å². The minimum Gasteiger partial charge on any atom is -0.489 e. The lowest BCUT2D eigenvalue weighted by molar-refractivity contribution is 0.122. The minimum atomic E-state index is -0.577. The first-order chi connectivity index (χ1) is 13.7. The molecule has 0 unspecified atom stereocenters. The van der Waals surface area contributed by atoms with Crippen LogP contribution in [0.4, 0.5) is 5.82 Å². The van der Waals surface area contributed by atoms with Gasteiger partial charge in [0.05, 0.1) is 29.6 Å². The molecule has 1 atom stereocenters. The van der Waals surface area contributed by atoms with Crippen molar-refractivity contribution in [3.63, 3.8) is 0 Å². The van der Waals surface area contributed by atoms with E-state index in [0.29, 0.717) is 16.8 Å². The molecule has 4 heterocycles. The molecule has 1 saturated heterocycles. The number of nitriles is 1. The predicted molar refractivity (Wildman–Crippen MR) is 105 cm³/mol. The summed E-state index contributed by atoms with van der Waals surface area (Å²) in [7, 11) is 0. The maximum Gasteiger partial charge on any atom is 0.138 e. The number of aromatic nitrogens is 3. The number of piperazine rings is 1. The summed E-state index contributed by atoms with van der Waals surface area (Å²) in [5, 5.41) is 26.6. The van der Waals surface area contributed by atoms with Gasteiger partial charge in [0.2, 0.25) is 0 Å². The minimum absolute atomic E-state index is 0.178. The number of fused-ring (bicyclic) bond motifs is 1. The Hall–Kier alpha value is -3.15. The highest BCUT2D eigenvalue weighted by Crippen LogP contribution is 2.31. The number of hydrogen-bond donors (Lipinski definition) is 2. The van der Waals surface area contributed by atoms with Crippen LogP contribution in [-0.2, 0) is 0 Å². The second-order valence-corrected chi connectivity index (χ2v) is 6.85. The third-order valence-electron chi connectivity index (χ3n) is 4.70. The number of hydrogen-bond acceptors (Lipinski definition) is 7. The van der Waals surface area contributed by atoms with E-state index in [1.165, 1.54) is 0 Å². The van der Waals surface area contributed by atoms with Crippen LogP contribution in [0, 0.1) is 11.3 Å². The molecular formula is C20H22N6O2. The molecule has 3 aromatic heterocycles. The summed E-state index contributed by atoms with van der Waals surface area (Å²) in [6.45, 7) is 5.61. The van der Waals surface area contributed by atoms with Crippen LogP contribution in [-0.4, -0.2) is 58.6 Å². The Kier molecular flexibility index (Phi) is 5.10. The van der Waals surface area contributed by atoms with Crippen LogP contribution in [0.3, 0.4) is 0 Å². The van der Waals surface area contributed by atoms with Crippen molar-refractivity contribution in [1.29, 1.82) is 5.26 Å². The third kappa shape index (κ3) is 3.63. The zero-order valence-corrected chi connectivity index (χ0v) is 15.7.